The molecule has 16 heavy (non-hydrogen) atoms. The fourth-order valence-corrected chi connectivity index (χ4v) is 2.79. The van der Waals surface area contributed by atoms with Crippen molar-refractivity contribution >= 4 is 10.0 Å². The first kappa shape index (κ1) is 11.6. The minimum atomic E-state index is -3.38. The molecule has 0 aliphatic carbocycles. The topological polar surface area (TPSA) is 86.9 Å². The largest absolute Gasteiger partial charge is 0.314 e. The molecule has 0 spiro atoms. The molecule has 3 N–H and O–H groups in total. The number of aromatic amines is 1. The number of nitrogens with one attached hydrogen (secondary N) is 3. The maximum Gasteiger partial charge on any atom is 0.243 e. The summed E-state index contributed by atoms with van der Waals surface area (Å²) in [7, 11) is -3.38. The number of H-pyrrole nitrogens is 1. The summed E-state index contributed by atoms with van der Waals surface area (Å²) in [5.41, 5.74) is 0. The molecule has 1 fully saturated rings. The van der Waals surface area contributed by atoms with Crippen LogP contribution in [-0.4, -0.2) is 37.7 Å². The summed E-state index contributed by atoms with van der Waals surface area (Å²) in [6, 6.07) is 0.451. The van der Waals surface area contributed by atoms with Gasteiger partial charge in [-0.2, -0.15) is 5.10 Å². The second-order valence-corrected chi connectivity index (χ2v) is 5.68. The average molecular weight is 244 g/mol. The van der Waals surface area contributed by atoms with Crippen LogP contribution in [0.5, 0.6) is 0 Å². The SMILES string of the molecule is O=S(=O)(NCC[C@@H]1CCCN1)c1cn[nH]c1. The Morgan fingerprint density at radius 2 is 2.44 bits per heavy atom. The van der Waals surface area contributed by atoms with Gasteiger partial charge < -0.3 is 5.32 Å². The third-order valence-electron chi connectivity index (χ3n) is 2.73. The van der Waals surface area contributed by atoms with Crippen molar-refractivity contribution in [1.82, 2.24) is 20.2 Å². The van der Waals surface area contributed by atoms with E-state index in [2.05, 4.69) is 20.2 Å². The standard InChI is InChI=1S/C9H16N4O2S/c14-16(15,9-6-11-12-7-9)13-5-3-8-2-1-4-10-8/h6-8,10,13H,1-5H2,(H,11,12)/t8-/m0/s1. The Morgan fingerprint density at radius 3 is 3.06 bits per heavy atom. The highest BCUT2D eigenvalue weighted by Gasteiger charge is 2.17. The third-order valence-corrected chi connectivity index (χ3v) is 4.16. The van der Waals surface area contributed by atoms with Crippen LogP contribution in [0.15, 0.2) is 17.3 Å². The molecule has 2 rings (SSSR count). The van der Waals surface area contributed by atoms with Crippen LogP contribution in [0.25, 0.3) is 0 Å². The molecule has 90 valence electrons. The van der Waals surface area contributed by atoms with Crippen LogP contribution < -0.4 is 10.0 Å². The molecule has 6 nitrogen and oxygen atoms in total. The van der Waals surface area contributed by atoms with Crippen molar-refractivity contribution in [3.05, 3.63) is 12.4 Å². The highest BCUT2D eigenvalue weighted by Crippen LogP contribution is 2.09. The second kappa shape index (κ2) is 4.94. The number of nitrogens with zero attached hydrogens (tertiary/aromatic N) is 1. The molecule has 0 amide bonds. The first-order chi connectivity index (χ1) is 7.68. The third kappa shape index (κ3) is 2.81. The first-order valence-electron chi connectivity index (χ1n) is 5.40. The Kier molecular flexibility index (Phi) is 3.57. The summed E-state index contributed by atoms with van der Waals surface area (Å²) in [5, 5.41) is 9.43. The van der Waals surface area contributed by atoms with Gasteiger partial charge in [-0.25, -0.2) is 13.1 Å². The zero-order valence-corrected chi connectivity index (χ0v) is 9.76. The molecule has 1 aliphatic rings. The van der Waals surface area contributed by atoms with Crippen molar-refractivity contribution < 1.29 is 8.42 Å². The van der Waals surface area contributed by atoms with Crippen LogP contribution in [0.3, 0.4) is 0 Å². The number of hydrogen-bond acceptors (Lipinski definition) is 4. The second-order valence-electron chi connectivity index (χ2n) is 3.91. The van der Waals surface area contributed by atoms with E-state index in [1.54, 1.807) is 0 Å². The zero-order chi connectivity index (χ0) is 11.4. The molecule has 1 aliphatic heterocycles. The van der Waals surface area contributed by atoms with Crippen LogP contribution in [0.2, 0.25) is 0 Å². The van der Waals surface area contributed by atoms with E-state index in [4.69, 9.17) is 0 Å². The summed E-state index contributed by atoms with van der Waals surface area (Å²) in [6.07, 6.45) is 5.82. The highest BCUT2D eigenvalue weighted by atomic mass is 32.2. The number of rotatable bonds is 5. The van der Waals surface area contributed by atoms with E-state index in [-0.39, 0.29) is 4.90 Å². The maximum absolute atomic E-state index is 11.7. The Balaban J connectivity index is 1.81. The monoisotopic (exact) mass is 244 g/mol. The van der Waals surface area contributed by atoms with Gasteiger partial charge in [0.15, 0.2) is 0 Å². The first-order valence-corrected chi connectivity index (χ1v) is 6.88. The van der Waals surface area contributed by atoms with E-state index in [9.17, 15) is 8.42 Å². The molecule has 1 atom stereocenters. The Morgan fingerprint density at radius 1 is 1.56 bits per heavy atom. The van der Waals surface area contributed by atoms with Gasteiger partial charge in [0.05, 0.1) is 6.20 Å². The van der Waals surface area contributed by atoms with Gasteiger partial charge in [-0.3, -0.25) is 5.10 Å². The molecule has 0 aromatic carbocycles. The lowest BCUT2D eigenvalue weighted by Crippen LogP contribution is -2.30. The summed E-state index contributed by atoms with van der Waals surface area (Å²) >= 11 is 0. The lowest BCUT2D eigenvalue weighted by atomic mass is 10.2. The van der Waals surface area contributed by atoms with Crippen molar-refractivity contribution in [2.45, 2.75) is 30.2 Å². The van der Waals surface area contributed by atoms with Crippen molar-refractivity contribution in [3.63, 3.8) is 0 Å². The van der Waals surface area contributed by atoms with Gasteiger partial charge in [0.25, 0.3) is 0 Å². The highest BCUT2D eigenvalue weighted by molar-refractivity contribution is 7.89. The summed E-state index contributed by atoms with van der Waals surface area (Å²) in [6.45, 7) is 1.50. The summed E-state index contributed by atoms with van der Waals surface area (Å²) in [4.78, 5) is 0.187. The molecule has 1 aromatic heterocycles. The summed E-state index contributed by atoms with van der Waals surface area (Å²) in [5.74, 6) is 0. The molecule has 0 saturated carbocycles. The Hall–Kier alpha value is -0.920. The zero-order valence-electron chi connectivity index (χ0n) is 8.94. The maximum atomic E-state index is 11.7. The fraction of sp³-hybridized carbons (Fsp3) is 0.667. The van der Waals surface area contributed by atoms with Crippen LogP contribution in [0, 0.1) is 0 Å². The number of aromatic nitrogens is 2. The lowest BCUT2D eigenvalue weighted by Gasteiger charge is -2.10. The van der Waals surface area contributed by atoms with Crippen molar-refractivity contribution in [1.29, 1.82) is 0 Å². The minimum absolute atomic E-state index is 0.187. The Labute approximate surface area is 94.9 Å². The Bertz CT molecular complexity index is 409. The molecule has 0 bridgehead atoms. The molecular weight excluding hydrogens is 228 g/mol. The van der Waals surface area contributed by atoms with Gasteiger partial charge in [-0.1, -0.05) is 0 Å². The predicted molar refractivity (Wildman–Crippen MR) is 59.4 cm³/mol. The van der Waals surface area contributed by atoms with E-state index in [0.717, 1.165) is 19.4 Å². The van der Waals surface area contributed by atoms with Crippen molar-refractivity contribution in [2.24, 2.45) is 0 Å². The fourth-order valence-electron chi connectivity index (χ4n) is 1.84. The van der Waals surface area contributed by atoms with E-state index in [1.165, 1.54) is 18.8 Å². The van der Waals surface area contributed by atoms with E-state index >= 15 is 0 Å². The van der Waals surface area contributed by atoms with Gasteiger partial charge in [-0.15, -0.1) is 0 Å². The van der Waals surface area contributed by atoms with Crippen molar-refractivity contribution in [2.75, 3.05) is 13.1 Å². The molecular formula is C9H16N4O2S. The van der Waals surface area contributed by atoms with Gasteiger partial charge in [0, 0.05) is 18.8 Å². The van der Waals surface area contributed by atoms with E-state index in [1.807, 2.05) is 0 Å². The molecule has 2 heterocycles. The van der Waals surface area contributed by atoms with Gasteiger partial charge in [-0.05, 0) is 25.8 Å². The number of sulfonamides is 1. The molecule has 0 radical (unpaired) electrons. The van der Waals surface area contributed by atoms with Crippen LogP contribution in [0.1, 0.15) is 19.3 Å². The van der Waals surface area contributed by atoms with Crippen molar-refractivity contribution in [3.8, 4) is 0 Å². The molecule has 1 aromatic rings. The van der Waals surface area contributed by atoms with Gasteiger partial charge in [0.1, 0.15) is 4.90 Å². The number of hydrogen-bond donors (Lipinski definition) is 3. The predicted octanol–water partition coefficient (Wildman–Crippen LogP) is -0.170. The van der Waals surface area contributed by atoms with Gasteiger partial charge in [0.2, 0.25) is 10.0 Å². The molecule has 0 unspecified atom stereocenters. The normalized spacial score (nSPS) is 21.4. The summed E-state index contributed by atoms with van der Waals surface area (Å²) < 4.78 is 25.9. The quantitative estimate of drug-likeness (QED) is 0.671. The molecule has 1 saturated heterocycles. The smallest absolute Gasteiger partial charge is 0.243 e. The minimum Gasteiger partial charge on any atom is -0.314 e. The van der Waals surface area contributed by atoms with E-state index in [0.29, 0.717) is 12.6 Å². The van der Waals surface area contributed by atoms with Gasteiger partial charge >= 0.3 is 0 Å². The van der Waals surface area contributed by atoms with Crippen LogP contribution >= 0.6 is 0 Å². The van der Waals surface area contributed by atoms with Crippen LogP contribution in [-0.2, 0) is 10.0 Å². The lowest BCUT2D eigenvalue weighted by molar-refractivity contribution is 0.539. The average Bonchev–Trinajstić information content (AvgIpc) is 2.90. The molecule has 7 heteroatoms. The van der Waals surface area contributed by atoms with Crippen LogP contribution in [0.4, 0.5) is 0 Å². The van der Waals surface area contributed by atoms with E-state index < -0.39 is 10.0 Å².